The van der Waals surface area contributed by atoms with Gasteiger partial charge in [0.2, 0.25) is 0 Å². The Labute approximate surface area is 212 Å². The number of hydrogen-bond acceptors (Lipinski definition) is 3. The average Bonchev–Trinajstić information content (AvgIpc) is 2.85. The summed E-state index contributed by atoms with van der Waals surface area (Å²) in [5.74, 6) is 2.51. The van der Waals surface area contributed by atoms with Crippen LogP contribution in [0.2, 0.25) is 0 Å². The van der Waals surface area contributed by atoms with Gasteiger partial charge in [-0.15, -0.1) is 0 Å². The number of unbranched alkanes of at least 4 members (excludes halogenated alkanes) is 18. The zero-order chi connectivity index (χ0) is 24.5. The van der Waals surface area contributed by atoms with Gasteiger partial charge in [-0.05, 0) is 12.8 Å². The molecule has 0 fully saturated rings. The molecule has 0 saturated heterocycles. The van der Waals surface area contributed by atoms with E-state index in [1.54, 1.807) is 7.11 Å². The van der Waals surface area contributed by atoms with Crippen LogP contribution >= 0.6 is 0 Å². The topological polar surface area (TPSA) is 27.7 Å². The maximum atomic E-state index is 6.01. The number of hydrogen-bond donors (Lipinski definition) is 0. The highest BCUT2D eigenvalue weighted by atomic mass is 16.5. The molecule has 0 aliphatic carbocycles. The molecule has 34 heavy (non-hydrogen) atoms. The molecular formula is C31H56O3. The van der Waals surface area contributed by atoms with Gasteiger partial charge in [0.15, 0.2) is 0 Å². The molecule has 198 valence electrons. The summed E-state index contributed by atoms with van der Waals surface area (Å²) in [5, 5.41) is 0. The maximum Gasteiger partial charge on any atom is 0.126 e. The first-order valence-electron chi connectivity index (χ1n) is 14.7. The molecule has 0 radical (unpaired) electrons. The lowest BCUT2D eigenvalue weighted by molar-refractivity contribution is 0.286. The van der Waals surface area contributed by atoms with E-state index in [9.17, 15) is 0 Å². The monoisotopic (exact) mass is 476 g/mol. The van der Waals surface area contributed by atoms with E-state index < -0.39 is 0 Å². The van der Waals surface area contributed by atoms with Gasteiger partial charge in [-0.25, -0.2) is 0 Å². The third-order valence-electron chi connectivity index (χ3n) is 6.62. The minimum Gasteiger partial charge on any atom is -0.496 e. The molecule has 1 aromatic rings. The number of ether oxygens (including phenoxy) is 3. The van der Waals surface area contributed by atoms with Crippen molar-refractivity contribution >= 4 is 0 Å². The van der Waals surface area contributed by atoms with Crippen molar-refractivity contribution in [1.29, 1.82) is 0 Å². The Bertz CT molecular complexity index is 513. The summed E-state index contributed by atoms with van der Waals surface area (Å²) in [7, 11) is 1.70. The molecule has 0 atom stereocenters. The van der Waals surface area contributed by atoms with Crippen LogP contribution in [0.15, 0.2) is 18.2 Å². The molecule has 1 rings (SSSR count). The van der Waals surface area contributed by atoms with Crippen LogP contribution in [0.3, 0.4) is 0 Å². The van der Waals surface area contributed by atoms with Crippen molar-refractivity contribution in [3.8, 4) is 17.2 Å². The van der Waals surface area contributed by atoms with E-state index in [4.69, 9.17) is 14.2 Å². The highest BCUT2D eigenvalue weighted by Crippen LogP contribution is 2.28. The molecule has 0 aliphatic rings. The Hall–Kier alpha value is -1.38. The highest BCUT2D eigenvalue weighted by molar-refractivity contribution is 5.42. The molecular weight excluding hydrogens is 420 g/mol. The molecule has 0 heterocycles. The van der Waals surface area contributed by atoms with Gasteiger partial charge >= 0.3 is 0 Å². The Balaban J connectivity index is 2.10. The Morgan fingerprint density at radius 1 is 0.412 bits per heavy atom. The molecule has 0 spiro atoms. The van der Waals surface area contributed by atoms with Crippen LogP contribution in [-0.2, 0) is 0 Å². The van der Waals surface area contributed by atoms with E-state index in [0.29, 0.717) is 0 Å². The zero-order valence-corrected chi connectivity index (χ0v) is 23.0. The Morgan fingerprint density at radius 2 is 0.706 bits per heavy atom. The predicted molar refractivity (Wildman–Crippen MR) is 148 cm³/mol. The van der Waals surface area contributed by atoms with Gasteiger partial charge in [0.05, 0.1) is 20.3 Å². The minimum absolute atomic E-state index is 0.765. The van der Waals surface area contributed by atoms with Gasteiger partial charge in [-0.2, -0.15) is 0 Å². The zero-order valence-electron chi connectivity index (χ0n) is 23.0. The van der Waals surface area contributed by atoms with Crippen LogP contribution < -0.4 is 14.2 Å². The summed E-state index contributed by atoms with van der Waals surface area (Å²) in [6.07, 6.45) is 26.8. The summed E-state index contributed by atoms with van der Waals surface area (Å²) < 4.78 is 17.5. The quantitative estimate of drug-likeness (QED) is 0.131. The smallest absolute Gasteiger partial charge is 0.126 e. The van der Waals surface area contributed by atoms with E-state index in [2.05, 4.69) is 13.8 Å². The van der Waals surface area contributed by atoms with Crippen LogP contribution in [0.25, 0.3) is 0 Å². The molecule has 3 nitrogen and oxygen atoms in total. The lowest BCUT2D eigenvalue weighted by Gasteiger charge is -2.12. The second-order valence-electron chi connectivity index (χ2n) is 9.91. The second-order valence-corrected chi connectivity index (χ2v) is 9.91. The maximum absolute atomic E-state index is 6.01. The molecule has 1 aromatic carbocycles. The second kappa shape index (κ2) is 23.4. The van der Waals surface area contributed by atoms with E-state index >= 15 is 0 Å². The average molecular weight is 477 g/mol. The normalized spacial score (nSPS) is 11.0. The molecule has 0 N–H and O–H groups in total. The summed E-state index contributed by atoms with van der Waals surface area (Å²) in [5.41, 5.74) is 0. The van der Waals surface area contributed by atoms with Crippen LogP contribution in [0, 0.1) is 0 Å². The number of benzene rings is 1. The van der Waals surface area contributed by atoms with Gasteiger partial charge in [0.1, 0.15) is 17.2 Å². The van der Waals surface area contributed by atoms with Crippen LogP contribution in [-0.4, -0.2) is 20.3 Å². The third-order valence-corrected chi connectivity index (χ3v) is 6.62. The van der Waals surface area contributed by atoms with E-state index in [0.717, 1.165) is 43.3 Å². The van der Waals surface area contributed by atoms with Gasteiger partial charge in [-0.3, -0.25) is 0 Å². The van der Waals surface area contributed by atoms with Crippen molar-refractivity contribution in [1.82, 2.24) is 0 Å². The first-order chi connectivity index (χ1) is 16.8. The molecule has 0 unspecified atom stereocenters. The number of rotatable bonds is 25. The first kappa shape index (κ1) is 30.7. The fourth-order valence-corrected chi connectivity index (χ4v) is 4.39. The van der Waals surface area contributed by atoms with Crippen molar-refractivity contribution in [3.63, 3.8) is 0 Å². The predicted octanol–water partition coefficient (Wildman–Crippen LogP) is 10.3. The van der Waals surface area contributed by atoms with Crippen molar-refractivity contribution in [3.05, 3.63) is 18.2 Å². The largest absolute Gasteiger partial charge is 0.496 e. The van der Waals surface area contributed by atoms with Crippen molar-refractivity contribution in [2.24, 2.45) is 0 Å². The molecule has 0 aliphatic heterocycles. The number of methoxy groups -OCH3 is 1. The minimum atomic E-state index is 0.765. The first-order valence-corrected chi connectivity index (χ1v) is 14.7. The lowest BCUT2D eigenvalue weighted by Crippen LogP contribution is -2.01. The summed E-state index contributed by atoms with van der Waals surface area (Å²) in [6, 6.07) is 5.93. The van der Waals surface area contributed by atoms with E-state index in [-0.39, 0.29) is 0 Å². The molecule has 0 saturated carbocycles. The van der Waals surface area contributed by atoms with Gasteiger partial charge < -0.3 is 14.2 Å². The molecule has 0 amide bonds. The Kier molecular flexibility index (Phi) is 21.1. The van der Waals surface area contributed by atoms with E-state index in [1.165, 1.54) is 116 Å². The molecule has 3 heteroatoms. The molecule has 0 bridgehead atoms. The van der Waals surface area contributed by atoms with Crippen LogP contribution in [0.1, 0.15) is 142 Å². The lowest BCUT2D eigenvalue weighted by atomic mass is 10.1. The summed E-state index contributed by atoms with van der Waals surface area (Å²) >= 11 is 0. The van der Waals surface area contributed by atoms with Crippen molar-refractivity contribution in [2.45, 2.75) is 142 Å². The fourth-order valence-electron chi connectivity index (χ4n) is 4.39. The van der Waals surface area contributed by atoms with Crippen molar-refractivity contribution in [2.75, 3.05) is 20.3 Å². The SMILES string of the molecule is CCCCCCCCCCCCOc1cc(OC)cc(OCCCCCCCCCCCC)c1. The van der Waals surface area contributed by atoms with Gasteiger partial charge in [-0.1, -0.05) is 129 Å². The fraction of sp³-hybridized carbons (Fsp3) is 0.806. The van der Waals surface area contributed by atoms with Crippen LogP contribution in [0.4, 0.5) is 0 Å². The highest BCUT2D eigenvalue weighted by Gasteiger charge is 2.04. The van der Waals surface area contributed by atoms with Gasteiger partial charge in [0.25, 0.3) is 0 Å². The Morgan fingerprint density at radius 3 is 1.03 bits per heavy atom. The van der Waals surface area contributed by atoms with Crippen LogP contribution in [0.5, 0.6) is 17.2 Å². The van der Waals surface area contributed by atoms with Gasteiger partial charge in [0, 0.05) is 18.2 Å². The standard InChI is InChI=1S/C31H56O3/c1-4-6-8-10-12-14-16-18-20-22-24-33-30-26-29(32-3)27-31(28-30)34-25-23-21-19-17-15-13-11-9-7-5-2/h26-28H,4-25H2,1-3H3. The summed E-state index contributed by atoms with van der Waals surface area (Å²) in [6.45, 7) is 6.09. The third kappa shape index (κ3) is 18.0. The summed E-state index contributed by atoms with van der Waals surface area (Å²) in [4.78, 5) is 0. The molecule has 0 aromatic heterocycles. The van der Waals surface area contributed by atoms with E-state index in [1.807, 2.05) is 18.2 Å². The van der Waals surface area contributed by atoms with Crippen molar-refractivity contribution < 1.29 is 14.2 Å².